The number of carbonyl (C=O) groups is 3. The highest BCUT2D eigenvalue weighted by Gasteiger charge is 2.59. The molecule has 1 aromatic carbocycles. The summed E-state index contributed by atoms with van der Waals surface area (Å²) in [6.07, 6.45) is -0.404. The number of nitrogens with one attached hydrogen (secondary N) is 2. The van der Waals surface area contributed by atoms with Crippen molar-refractivity contribution in [1.29, 1.82) is 0 Å². The maximum atomic E-state index is 12.2. The predicted octanol–water partition coefficient (Wildman–Crippen LogP) is 1.00. The molecule has 2 fully saturated rings. The van der Waals surface area contributed by atoms with Gasteiger partial charge >= 0.3 is 12.0 Å². The first-order chi connectivity index (χ1) is 11.3. The van der Waals surface area contributed by atoms with Gasteiger partial charge in [-0.2, -0.15) is 0 Å². The van der Waals surface area contributed by atoms with Crippen LogP contribution in [-0.4, -0.2) is 50.2 Å². The number of hydrogen-bond donors (Lipinski definition) is 3. The number of benzene rings is 1. The quantitative estimate of drug-likeness (QED) is 0.753. The lowest BCUT2D eigenvalue weighted by atomic mass is 10.0. The van der Waals surface area contributed by atoms with E-state index >= 15 is 0 Å². The number of rotatable bonds is 4. The van der Waals surface area contributed by atoms with Crippen molar-refractivity contribution >= 4 is 29.7 Å². The fourth-order valence-electron chi connectivity index (χ4n) is 3.18. The Morgan fingerprint density at radius 1 is 1.33 bits per heavy atom. The summed E-state index contributed by atoms with van der Waals surface area (Å²) in [5.74, 6) is -1.26. The van der Waals surface area contributed by atoms with Gasteiger partial charge in [0.05, 0.1) is 6.42 Å². The summed E-state index contributed by atoms with van der Waals surface area (Å²) in [6, 6.07) is 7.90. The largest absolute Gasteiger partial charge is 0.480 e. The molecule has 3 amide bonds. The molecule has 0 aromatic heterocycles. The molecule has 7 nitrogen and oxygen atoms in total. The third-order valence-electron chi connectivity index (χ3n) is 4.19. The lowest BCUT2D eigenvalue weighted by molar-refractivity contribution is -0.142. The van der Waals surface area contributed by atoms with E-state index in [-0.39, 0.29) is 12.3 Å². The van der Waals surface area contributed by atoms with E-state index in [1.165, 1.54) is 16.7 Å². The molecule has 2 aliphatic heterocycles. The van der Waals surface area contributed by atoms with Crippen LogP contribution in [0.4, 0.5) is 4.79 Å². The maximum Gasteiger partial charge on any atom is 0.327 e. The van der Waals surface area contributed by atoms with Crippen LogP contribution in [0.3, 0.4) is 0 Å². The van der Waals surface area contributed by atoms with Crippen LogP contribution in [-0.2, 0) is 16.0 Å². The predicted molar refractivity (Wildman–Crippen MR) is 89.3 cm³/mol. The SMILES string of the molecule is CC1(C)SC2[C@@H](NC(=O)Cc3ccccc3)NC(=O)N2[C@H]1C(=O)O. The summed E-state index contributed by atoms with van der Waals surface area (Å²) in [7, 11) is 0. The van der Waals surface area contributed by atoms with Crippen molar-refractivity contribution in [2.45, 2.75) is 42.6 Å². The van der Waals surface area contributed by atoms with Gasteiger partial charge in [-0.05, 0) is 19.4 Å². The van der Waals surface area contributed by atoms with E-state index in [2.05, 4.69) is 10.6 Å². The fraction of sp³-hybridized carbons (Fsp3) is 0.438. The number of urea groups is 1. The summed E-state index contributed by atoms with van der Waals surface area (Å²) < 4.78 is -0.628. The van der Waals surface area contributed by atoms with Crippen LogP contribution in [0, 0.1) is 0 Å². The Labute approximate surface area is 143 Å². The Hall–Kier alpha value is -2.22. The lowest BCUT2D eigenvalue weighted by Gasteiger charge is -2.25. The molecule has 0 spiro atoms. The van der Waals surface area contributed by atoms with Crippen molar-refractivity contribution in [1.82, 2.24) is 15.5 Å². The topological polar surface area (TPSA) is 98.7 Å². The minimum absolute atomic E-state index is 0.205. The number of fused-ring (bicyclic) bond motifs is 1. The molecule has 3 N–H and O–H groups in total. The van der Waals surface area contributed by atoms with Crippen LogP contribution in [0.25, 0.3) is 0 Å². The van der Waals surface area contributed by atoms with Gasteiger partial charge in [-0.1, -0.05) is 30.3 Å². The number of thioether (sulfide) groups is 1. The van der Waals surface area contributed by atoms with Crippen molar-refractivity contribution in [2.24, 2.45) is 0 Å². The highest BCUT2D eigenvalue weighted by Crippen LogP contribution is 2.47. The van der Waals surface area contributed by atoms with Crippen molar-refractivity contribution in [3.05, 3.63) is 35.9 Å². The van der Waals surface area contributed by atoms with Crippen LogP contribution >= 0.6 is 11.8 Å². The highest BCUT2D eigenvalue weighted by molar-refractivity contribution is 8.01. The second-order valence-electron chi connectivity index (χ2n) is 6.42. The van der Waals surface area contributed by atoms with Crippen molar-refractivity contribution in [3.63, 3.8) is 0 Å². The molecular formula is C16H19N3O4S. The standard InChI is InChI=1S/C16H19N3O4S/c1-16(2)11(14(21)22)19-13(24-16)12(18-15(19)23)17-10(20)8-9-6-4-3-5-7-9/h3-7,11-13H,8H2,1-2H3,(H,17,20)(H,18,23)(H,21,22)/t11-,12-,13?/m0/s1. The Morgan fingerprint density at radius 3 is 2.62 bits per heavy atom. The molecule has 2 aliphatic rings. The summed E-state index contributed by atoms with van der Waals surface area (Å²) in [6.45, 7) is 3.59. The van der Waals surface area contributed by atoms with Crippen LogP contribution in [0.1, 0.15) is 19.4 Å². The molecule has 3 rings (SSSR count). The third-order valence-corrected chi connectivity index (χ3v) is 5.76. The first-order valence-electron chi connectivity index (χ1n) is 7.62. The number of nitrogens with zero attached hydrogens (tertiary/aromatic N) is 1. The monoisotopic (exact) mass is 349 g/mol. The van der Waals surface area contributed by atoms with Gasteiger partial charge in [-0.25, -0.2) is 9.59 Å². The molecule has 0 aliphatic carbocycles. The molecular weight excluding hydrogens is 330 g/mol. The van der Waals surface area contributed by atoms with Crippen LogP contribution in [0.2, 0.25) is 0 Å². The smallest absolute Gasteiger partial charge is 0.327 e. The molecule has 8 heteroatoms. The molecule has 1 aromatic rings. The summed E-state index contributed by atoms with van der Waals surface area (Å²) >= 11 is 1.38. The van der Waals surface area contributed by atoms with Gasteiger partial charge in [0.15, 0.2) is 0 Å². The summed E-state index contributed by atoms with van der Waals surface area (Å²) in [4.78, 5) is 37.3. The van der Waals surface area contributed by atoms with E-state index in [0.29, 0.717) is 0 Å². The third kappa shape index (κ3) is 2.93. The molecule has 3 atom stereocenters. The number of hydrogen-bond acceptors (Lipinski definition) is 4. The molecule has 1 unspecified atom stereocenters. The van der Waals surface area contributed by atoms with Gasteiger partial charge in [-0.3, -0.25) is 9.69 Å². The van der Waals surface area contributed by atoms with Gasteiger partial charge in [0, 0.05) is 4.75 Å². The van der Waals surface area contributed by atoms with E-state index in [4.69, 9.17) is 0 Å². The summed E-state index contributed by atoms with van der Waals surface area (Å²) in [5, 5.41) is 14.5. The van der Waals surface area contributed by atoms with Crippen LogP contribution in [0.5, 0.6) is 0 Å². The fourth-order valence-corrected chi connectivity index (χ4v) is 4.75. The van der Waals surface area contributed by atoms with Gasteiger partial charge < -0.3 is 15.7 Å². The zero-order valence-corrected chi connectivity index (χ0v) is 14.2. The van der Waals surface area contributed by atoms with E-state index in [1.807, 2.05) is 30.3 Å². The van der Waals surface area contributed by atoms with Gasteiger partial charge in [0.2, 0.25) is 5.91 Å². The Kier molecular flexibility index (Phi) is 4.16. The van der Waals surface area contributed by atoms with E-state index < -0.39 is 34.3 Å². The number of amides is 3. The Balaban J connectivity index is 1.71. The molecule has 2 saturated heterocycles. The average Bonchev–Trinajstić information content (AvgIpc) is 2.93. The maximum absolute atomic E-state index is 12.2. The zero-order chi connectivity index (χ0) is 17.5. The molecule has 0 saturated carbocycles. The average molecular weight is 349 g/mol. The molecule has 128 valence electrons. The van der Waals surface area contributed by atoms with Crippen molar-refractivity contribution in [3.8, 4) is 0 Å². The second-order valence-corrected chi connectivity index (χ2v) is 8.19. The van der Waals surface area contributed by atoms with Gasteiger partial charge in [0.1, 0.15) is 17.6 Å². The first-order valence-corrected chi connectivity index (χ1v) is 8.50. The molecule has 0 radical (unpaired) electrons. The molecule has 24 heavy (non-hydrogen) atoms. The van der Waals surface area contributed by atoms with Gasteiger partial charge in [-0.15, -0.1) is 11.8 Å². The highest BCUT2D eigenvalue weighted by atomic mass is 32.2. The number of aliphatic carboxylic acids is 1. The Morgan fingerprint density at radius 2 is 2.00 bits per heavy atom. The number of carboxylic acids is 1. The lowest BCUT2D eigenvalue weighted by Crippen LogP contribution is -2.49. The minimum Gasteiger partial charge on any atom is -0.480 e. The van der Waals surface area contributed by atoms with Crippen LogP contribution in [0.15, 0.2) is 30.3 Å². The van der Waals surface area contributed by atoms with E-state index in [0.717, 1.165) is 5.56 Å². The normalized spacial score (nSPS) is 27.5. The van der Waals surface area contributed by atoms with Crippen LogP contribution < -0.4 is 10.6 Å². The van der Waals surface area contributed by atoms with Crippen molar-refractivity contribution in [2.75, 3.05) is 0 Å². The number of carbonyl (C=O) groups excluding carboxylic acids is 2. The molecule has 2 heterocycles. The number of carboxylic acid groups (broad SMARTS) is 1. The van der Waals surface area contributed by atoms with E-state index in [9.17, 15) is 19.5 Å². The zero-order valence-electron chi connectivity index (χ0n) is 13.4. The Bertz CT molecular complexity index is 679. The first kappa shape index (κ1) is 16.6. The second kappa shape index (κ2) is 6.01. The van der Waals surface area contributed by atoms with Crippen molar-refractivity contribution < 1.29 is 19.5 Å². The van der Waals surface area contributed by atoms with Gasteiger partial charge in [0.25, 0.3) is 0 Å². The minimum atomic E-state index is -1.04. The van der Waals surface area contributed by atoms with E-state index in [1.54, 1.807) is 13.8 Å². The molecule has 0 bridgehead atoms. The summed E-state index contributed by atoms with van der Waals surface area (Å²) in [5.41, 5.74) is 0.874.